The summed E-state index contributed by atoms with van der Waals surface area (Å²) in [6.45, 7) is 6.21. The molecule has 0 spiro atoms. The van der Waals surface area contributed by atoms with Crippen molar-refractivity contribution < 1.29 is 9.50 Å². The van der Waals surface area contributed by atoms with Gasteiger partial charge in [0.15, 0.2) is 0 Å². The summed E-state index contributed by atoms with van der Waals surface area (Å²) in [6, 6.07) is 17.4. The number of aliphatic hydroxyl groups is 1. The number of benzene rings is 2. The van der Waals surface area contributed by atoms with Crippen molar-refractivity contribution in [2.45, 2.75) is 18.7 Å². The molecule has 0 amide bonds. The highest BCUT2D eigenvalue weighted by Gasteiger charge is 2.36. The lowest BCUT2D eigenvalue weighted by atomic mass is 10.1. The number of halogens is 1. The van der Waals surface area contributed by atoms with Gasteiger partial charge in [0.2, 0.25) is 0 Å². The van der Waals surface area contributed by atoms with Gasteiger partial charge >= 0.3 is 0 Å². The lowest BCUT2D eigenvalue weighted by Crippen LogP contribution is -2.53. The van der Waals surface area contributed by atoms with Crippen LogP contribution in [0.25, 0.3) is 0 Å². The molecule has 4 rings (SSSR count). The minimum atomic E-state index is -0.295. The molecule has 2 fully saturated rings. The third kappa shape index (κ3) is 3.90. The highest BCUT2D eigenvalue weighted by Crippen LogP contribution is 2.22. The molecule has 5 heteroatoms. The minimum Gasteiger partial charge on any atom is -0.390 e. The van der Waals surface area contributed by atoms with Crippen molar-refractivity contribution in [2.24, 2.45) is 0 Å². The van der Waals surface area contributed by atoms with E-state index in [1.807, 2.05) is 18.2 Å². The van der Waals surface area contributed by atoms with Crippen LogP contribution in [0.2, 0.25) is 0 Å². The van der Waals surface area contributed by atoms with Gasteiger partial charge in [-0.3, -0.25) is 9.80 Å². The molecule has 0 saturated carbocycles. The molecule has 2 atom stereocenters. The van der Waals surface area contributed by atoms with Gasteiger partial charge in [0, 0.05) is 57.5 Å². The Balaban J connectivity index is 1.32. The second-order valence-electron chi connectivity index (χ2n) is 7.31. The van der Waals surface area contributed by atoms with Crippen molar-refractivity contribution in [1.29, 1.82) is 0 Å². The summed E-state index contributed by atoms with van der Waals surface area (Å²) in [5.74, 6) is -0.194. The van der Waals surface area contributed by atoms with E-state index in [4.69, 9.17) is 0 Å². The lowest BCUT2D eigenvalue weighted by Gasteiger charge is -2.39. The second kappa shape index (κ2) is 7.74. The Kier molecular flexibility index (Phi) is 5.20. The van der Waals surface area contributed by atoms with E-state index in [0.717, 1.165) is 51.5 Å². The van der Waals surface area contributed by atoms with Crippen molar-refractivity contribution >= 4 is 5.69 Å². The Bertz CT molecular complexity index is 701. The van der Waals surface area contributed by atoms with Gasteiger partial charge in [-0.15, -0.1) is 0 Å². The largest absolute Gasteiger partial charge is 0.390 e. The van der Waals surface area contributed by atoms with Gasteiger partial charge in [-0.05, 0) is 29.8 Å². The van der Waals surface area contributed by atoms with E-state index < -0.39 is 0 Å². The maximum atomic E-state index is 13.1. The van der Waals surface area contributed by atoms with Crippen LogP contribution < -0.4 is 4.90 Å². The third-order valence-corrected chi connectivity index (χ3v) is 5.56. The summed E-state index contributed by atoms with van der Waals surface area (Å²) in [5.41, 5.74) is 2.37. The number of anilines is 1. The average molecular weight is 355 g/mol. The Hall–Kier alpha value is -1.95. The molecule has 2 aromatic rings. The van der Waals surface area contributed by atoms with E-state index >= 15 is 0 Å². The van der Waals surface area contributed by atoms with Crippen molar-refractivity contribution in [3.63, 3.8) is 0 Å². The first-order valence-electron chi connectivity index (χ1n) is 9.38. The number of rotatable bonds is 4. The molecule has 4 nitrogen and oxygen atoms in total. The van der Waals surface area contributed by atoms with Crippen LogP contribution in [-0.2, 0) is 6.54 Å². The molecular formula is C21H26FN3O. The van der Waals surface area contributed by atoms with Crippen LogP contribution in [0.5, 0.6) is 0 Å². The average Bonchev–Trinajstić information content (AvgIpc) is 3.03. The van der Waals surface area contributed by atoms with Gasteiger partial charge in [0.1, 0.15) is 5.82 Å². The van der Waals surface area contributed by atoms with E-state index in [1.54, 1.807) is 0 Å². The first kappa shape index (κ1) is 17.5. The number of piperazine rings is 1. The highest BCUT2D eigenvalue weighted by molar-refractivity contribution is 5.46. The van der Waals surface area contributed by atoms with Gasteiger partial charge < -0.3 is 10.0 Å². The molecule has 138 valence electrons. The molecule has 2 aliphatic heterocycles. The van der Waals surface area contributed by atoms with Crippen molar-refractivity contribution in [1.82, 2.24) is 9.80 Å². The fourth-order valence-electron chi connectivity index (χ4n) is 4.14. The Labute approximate surface area is 154 Å². The number of nitrogens with zero attached hydrogens (tertiary/aromatic N) is 3. The van der Waals surface area contributed by atoms with Gasteiger partial charge in [-0.25, -0.2) is 4.39 Å². The van der Waals surface area contributed by atoms with E-state index in [9.17, 15) is 9.50 Å². The maximum absolute atomic E-state index is 13.1. The topological polar surface area (TPSA) is 30.0 Å². The third-order valence-electron chi connectivity index (χ3n) is 5.56. The number of likely N-dealkylation sites (tertiary alicyclic amines) is 1. The normalized spacial score (nSPS) is 24.9. The molecule has 2 aromatic carbocycles. The molecule has 0 bridgehead atoms. The summed E-state index contributed by atoms with van der Waals surface area (Å²) < 4.78 is 13.1. The summed E-state index contributed by atoms with van der Waals surface area (Å²) in [5, 5.41) is 10.6. The zero-order valence-electron chi connectivity index (χ0n) is 15.0. The van der Waals surface area contributed by atoms with Crippen molar-refractivity contribution in [3.8, 4) is 0 Å². The number of hydrogen-bond donors (Lipinski definition) is 1. The zero-order valence-corrected chi connectivity index (χ0v) is 15.0. The molecule has 0 radical (unpaired) electrons. The molecule has 26 heavy (non-hydrogen) atoms. The Morgan fingerprint density at radius 3 is 2.27 bits per heavy atom. The summed E-state index contributed by atoms with van der Waals surface area (Å²) >= 11 is 0. The molecule has 0 aliphatic carbocycles. The fourth-order valence-corrected chi connectivity index (χ4v) is 4.14. The number of hydrogen-bond acceptors (Lipinski definition) is 4. The zero-order chi connectivity index (χ0) is 17.9. The van der Waals surface area contributed by atoms with Crippen molar-refractivity contribution in [2.75, 3.05) is 44.2 Å². The molecule has 0 aromatic heterocycles. The predicted octanol–water partition coefficient (Wildman–Crippen LogP) is 2.19. The molecule has 1 N–H and O–H groups in total. The van der Waals surface area contributed by atoms with E-state index in [0.29, 0.717) is 0 Å². The summed E-state index contributed by atoms with van der Waals surface area (Å²) in [4.78, 5) is 7.05. The Morgan fingerprint density at radius 2 is 1.58 bits per heavy atom. The van der Waals surface area contributed by atoms with E-state index in [1.165, 1.54) is 17.7 Å². The quantitative estimate of drug-likeness (QED) is 0.911. The standard InChI is InChI=1S/C21H26FN3O/c22-18-6-8-19(9-7-18)24-10-12-25(13-11-24)20-15-23(16-21(20)26)14-17-4-2-1-3-5-17/h1-9,20-21,26H,10-16H2/t20-,21-/m1/s1. The van der Waals surface area contributed by atoms with Gasteiger partial charge in [0.05, 0.1) is 6.10 Å². The lowest BCUT2D eigenvalue weighted by molar-refractivity contribution is 0.0791. The van der Waals surface area contributed by atoms with Crippen LogP contribution in [0.4, 0.5) is 10.1 Å². The molecular weight excluding hydrogens is 329 g/mol. The number of β-amino-alcohol motifs (C(OH)–C–C–N with tert-alkyl or cyclic N) is 1. The molecule has 2 aliphatic rings. The first-order valence-corrected chi connectivity index (χ1v) is 9.38. The van der Waals surface area contributed by atoms with E-state index in [2.05, 4.69) is 39.0 Å². The monoisotopic (exact) mass is 355 g/mol. The van der Waals surface area contributed by atoms with Gasteiger partial charge in [-0.1, -0.05) is 30.3 Å². The molecule has 0 unspecified atom stereocenters. The van der Waals surface area contributed by atoms with Crippen LogP contribution in [0.3, 0.4) is 0 Å². The van der Waals surface area contributed by atoms with Crippen LogP contribution >= 0.6 is 0 Å². The molecule has 2 heterocycles. The van der Waals surface area contributed by atoms with Gasteiger partial charge in [0.25, 0.3) is 0 Å². The smallest absolute Gasteiger partial charge is 0.123 e. The fraction of sp³-hybridized carbons (Fsp3) is 0.429. The van der Waals surface area contributed by atoms with Gasteiger partial charge in [-0.2, -0.15) is 0 Å². The second-order valence-corrected chi connectivity index (χ2v) is 7.31. The predicted molar refractivity (Wildman–Crippen MR) is 102 cm³/mol. The SMILES string of the molecule is O[C@@H]1CN(Cc2ccccc2)C[C@H]1N1CCN(c2ccc(F)cc2)CC1. The van der Waals surface area contributed by atoms with Crippen LogP contribution in [0.1, 0.15) is 5.56 Å². The Morgan fingerprint density at radius 1 is 0.885 bits per heavy atom. The van der Waals surface area contributed by atoms with Crippen LogP contribution in [0.15, 0.2) is 54.6 Å². The number of aliphatic hydroxyl groups excluding tert-OH is 1. The van der Waals surface area contributed by atoms with Crippen molar-refractivity contribution in [3.05, 3.63) is 66.0 Å². The summed E-state index contributed by atoms with van der Waals surface area (Å²) in [7, 11) is 0. The van der Waals surface area contributed by atoms with E-state index in [-0.39, 0.29) is 18.0 Å². The summed E-state index contributed by atoms with van der Waals surface area (Å²) in [6.07, 6.45) is -0.295. The minimum absolute atomic E-state index is 0.194. The first-order chi connectivity index (χ1) is 12.7. The molecule has 2 saturated heterocycles. The highest BCUT2D eigenvalue weighted by atomic mass is 19.1. The van der Waals surface area contributed by atoms with Crippen LogP contribution in [-0.4, -0.2) is 66.3 Å². The maximum Gasteiger partial charge on any atom is 0.123 e. The van der Waals surface area contributed by atoms with Crippen LogP contribution in [0, 0.1) is 5.82 Å².